The Morgan fingerprint density at radius 3 is 2.59 bits per heavy atom. The van der Waals surface area contributed by atoms with Crippen LogP contribution in [-0.2, 0) is 7.05 Å². The van der Waals surface area contributed by atoms with Crippen molar-refractivity contribution in [1.29, 1.82) is 0 Å². The van der Waals surface area contributed by atoms with Gasteiger partial charge in [0.2, 0.25) is 5.82 Å². The minimum atomic E-state index is -0.408. The Bertz CT molecular complexity index is 385. The monoisotopic (exact) mass is 240 g/mol. The Kier molecular flexibility index (Phi) is 4.48. The molecular formula is C11H20N4O2. The Hall–Kier alpha value is -1.59. The van der Waals surface area contributed by atoms with Gasteiger partial charge in [0.15, 0.2) is 0 Å². The smallest absolute Gasteiger partial charge is 0.330 e. The van der Waals surface area contributed by atoms with Gasteiger partial charge in [-0.2, -0.15) is 0 Å². The predicted octanol–water partition coefficient (Wildman–Crippen LogP) is 2.56. The highest BCUT2D eigenvalue weighted by molar-refractivity contribution is 5.55. The Morgan fingerprint density at radius 2 is 2.12 bits per heavy atom. The number of hydrogen-bond acceptors (Lipinski definition) is 4. The minimum absolute atomic E-state index is 0.0327. The van der Waals surface area contributed by atoms with E-state index < -0.39 is 4.92 Å². The molecule has 0 bridgehead atoms. The summed E-state index contributed by atoms with van der Waals surface area (Å²) in [6, 6.07) is 0.179. The van der Waals surface area contributed by atoms with Crippen molar-refractivity contribution in [3.05, 3.63) is 16.3 Å². The van der Waals surface area contributed by atoms with Gasteiger partial charge in [-0.15, -0.1) is 5.10 Å². The average Bonchev–Trinajstić information content (AvgIpc) is 2.61. The first-order chi connectivity index (χ1) is 7.99. The Morgan fingerprint density at radius 1 is 1.53 bits per heavy atom. The van der Waals surface area contributed by atoms with Crippen LogP contribution in [0, 0.1) is 16.0 Å². The van der Waals surface area contributed by atoms with Gasteiger partial charge in [0.05, 0.1) is 4.92 Å². The summed E-state index contributed by atoms with van der Waals surface area (Å²) in [5.41, 5.74) is 0.0327. The third-order valence-electron chi connectivity index (χ3n) is 3.13. The first-order valence-corrected chi connectivity index (χ1v) is 5.94. The van der Waals surface area contributed by atoms with Crippen LogP contribution in [0.2, 0.25) is 0 Å². The first kappa shape index (κ1) is 13.5. The van der Waals surface area contributed by atoms with Crippen molar-refractivity contribution in [1.82, 2.24) is 9.78 Å². The average molecular weight is 240 g/mol. The summed E-state index contributed by atoms with van der Waals surface area (Å²) in [4.78, 5) is 10.4. The van der Waals surface area contributed by atoms with E-state index in [0.29, 0.717) is 11.7 Å². The number of nitro groups is 1. The van der Waals surface area contributed by atoms with Crippen molar-refractivity contribution >= 4 is 11.5 Å². The van der Waals surface area contributed by atoms with Crippen LogP contribution < -0.4 is 5.32 Å². The number of aromatic nitrogens is 2. The van der Waals surface area contributed by atoms with Crippen molar-refractivity contribution in [2.75, 3.05) is 5.32 Å². The van der Waals surface area contributed by atoms with Crippen LogP contribution in [0.3, 0.4) is 0 Å². The second-order valence-electron chi connectivity index (χ2n) is 4.30. The Labute approximate surface area is 101 Å². The number of aryl methyl sites for hydroxylation is 1. The number of rotatable bonds is 6. The van der Waals surface area contributed by atoms with Crippen LogP contribution in [-0.4, -0.2) is 20.7 Å². The van der Waals surface area contributed by atoms with Crippen LogP contribution in [0.4, 0.5) is 11.5 Å². The van der Waals surface area contributed by atoms with E-state index in [1.165, 1.54) is 10.9 Å². The molecule has 17 heavy (non-hydrogen) atoms. The summed E-state index contributed by atoms with van der Waals surface area (Å²) in [7, 11) is 1.68. The summed E-state index contributed by atoms with van der Waals surface area (Å²) < 4.78 is 1.46. The fourth-order valence-corrected chi connectivity index (χ4v) is 2.04. The van der Waals surface area contributed by atoms with Crippen molar-refractivity contribution in [2.45, 2.75) is 39.7 Å². The summed E-state index contributed by atoms with van der Waals surface area (Å²) in [6.07, 6.45) is 3.51. The predicted molar refractivity (Wildman–Crippen MR) is 67.0 cm³/mol. The molecule has 6 nitrogen and oxygen atoms in total. The first-order valence-electron chi connectivity index (χ1n) is 5.94. The van der Waals surface area contributed by atoms with Crippen molar-refractivity contribution in [3.63, 3.8) is 0 Å². The van der Waals surface area contributed by atoms with Crippen LogP contribution in [0.1, 0.15) is 33.6 Å². The Balaban J connectivity index is 2.83. The molecule has 1 rings (SSSR count). The molecule has 1 aromatic heterocycles. The molecule has 0 aromatic carbocycles. The van der Waals surface area contributed by atoms with E-state index in [9.17, 15) is 10.1 Å². The van der Waals surface area contributed by atoms with Gasteiger partial charge in [-0.25, -0.2) is 0 Å². The molecule has 0 radical (unpaired) electrons. The number of hydrogen-bond donors (Lipinski definition) is 1. The van der Waals surface area contributed by atoms with Gasteiger partial charge in [-0.3, -0.25) is 14.8 Å². The van der Waals surface area contributed by atoms with E-state index in [1.807, 2.05) is 6.92 Å². The summed E-state index contributed by atoms with van der Waals surface area (Å²) in [5, 5.41) is 18.1. The zero-order valence-corrected chi connectivity index (χ0v) is 10.8. The molecule has 1 atom stereocenters. The topological polar surface area (TPSA) is 73.0 Å². The van der Waals surface area contributed by atoms with Gasteiger partial charge in [0.1, 0.15) is 6.20 Å². The second-order valence-corrected chi connectivity index (χ2v) is 4.30. The normalized spacial score (nSPS) is 12.8. The molecule has 1 N–H and O–H groups in total. The second kappa shape index (κ2) is 5.65. The number of anilines is 1. The van der Waals surface area contributed by atoms with Crippen molar-refractivity contribution < 1.29 is 4.92 Å². The molecular weight excluding hydrogens is 220 g/mol. The molecule has 96 valence electrons. The molecule has 0 aliphatic rings. The van der Waals surface area contributed by atoms with Crippen LogP contribution in [0.15, 0.2) is 6.20 Å². The van der Waals surface area contributed by atoms with Crippen LogP contribution in [0.5, 0.6) is 0 Å². The van der Waals surface area contributed by atoms with E-state index >= 15 is 0 Å². The summed E-state index contributed by atoms with van der Waals surface area (Å²) >= 11 is 0. The van der Waals surface area contributed by atoms with Gasteiger partial charge in [-0.1, -0.05) is 26.7 Å². The quantitative estimate of drug-likeness (QED) is 0.612. The van der Waals surface area contributed by atoms with Gasteiger partial charge in [0, 0.05) is 13.1 Å². The summed E-state index contributed by atoms with van der Waals surface area (Å²) in [6.45, 7) is 6.29. The lowest BCUT2D eigenvalue weighted by Gasteiger charge is -2.21. The van der Waals surface area contributed by atoms with Gasteiger partial charge in [0.25, 0.3) is 0 Å². The molecule has 0 saturated carbocycles. The lowest BCUT2D eigenvalue weighted by Crippen LogP contribution is -2.25. The number of nitrogens with zero attached hydrogens (tertiary/aromatic N) is 3. The van der Waals surface area contributed by atoms with Gasteiger partial charge in [-0.05, 0) is 12.8 Å². The summed E-state index contributed by atoms with van der Waals surface area (Å²) in [5.74, 6) is 0.855. The van der Waals surface area contributed by atoms with E-state index in [4.69, 9.17) is 0 Å². The van der Waals surface area contributed by atoms with E-state index in [-0.39, 0.29) is 11.7 Å². The fraction of sp³-hybridized carbons (Fsp3) is 0.727. The molecule has 0 amide bonds. The van der Waals surface area contributed by atoms with E-state index in [1.54, 1.807) is 7.05 Å². The highest BCUT2D eigenvalue weighted by Gasteiger charge is 2.22. The third kappa shape index (κ3) is 3.18. The molecule has 1 heterocycles. The SMILES string of the molecule is CCC(CC)C(C)Nc1nn(C)cc1[N+](=O)[O-]. The van der Waals surface area contributed by atoms with Crippen molar-refractivity contribution in [2.24, 2.45) is 13.0 Å². The highest BCUT2D eigenvalue weighted by atomic mass is 16.6. The zero-order valence-electron chi connectivity index (χ0n) is 10.8. The lowest BCUT2D eigenvalue weighted by atomic mass is 9.95. The fourth-order valence-electron chi connectivity index (χ4n) is 2.04. The molecule has 0 saturated heterocycles. The highest BCUT2D eigenvalue weighted by Crippen LogP contribution is 2.24. The van der Waals surface area contributed by atoms with Gasteiger partial charge < -0.3 is 5.32 Å². The molecule has 0 fully saturated rings. The molecule has 0 aliphatic carbocycles. The van der Waals surface area contributed by atoms with Crippen LogP contribution >= 0.6 is 0 Å². The maximum absolute atomic E-state index is 10.8. The molecule has 6 heteroatoms. The molecule has 0 aliphatic heterocycles. The largest absolute Gasteiger partial charge is 0.360 e. The minimum Gasteiger partial charge on any atom is -0.360 e. The third-order valence-corrected chi connectivity index (χ3v) is 3.13. The zero-order chi connectivity index (χ0) is 13.0. The van der Waals surface area contributed by atoms with Crippen molar-refractivity contribution in [3.8, 4) is 0 Å². The number of nitrogens with one attached hydrogen (secondary N) is 1. The molecule has 1 unspecified atom stereocenters. The van der Waals surface area contributed by atoms with E-state index in [2.05, 4.69) is 24.3 Å². The standard InChI is InChI=1S/C11H20N4O2/c1-5-9(6-2)8(3)12-11-10(15(16)17)7-14(4)13-11/h7-9H,5-6H2,1-4H3,(H,12,13). The molecule has 0 spiro atoms. The van der Waals surface area contributed by atoms with Crippen LogP contribution in [0.25, 0.3) is 0 Å². The maximum atomic E-state index is 10.8. The van der Waals surface area contributed by atoms with Gasteiger partial charge >= 0.3 is 5.69 Å². The van der Waals surface area contributed by atoms with E-state index in [0.717, 1.165) is 12.8 Å². The maximum Gasteiger partial charge on any atom is 0.330 e. The molecule has 1 aromatic rings. The lowest BCUT2D eigenvalue weighted by molar-refractivity contribution is -0.384.